The smallest absolute Gasteiger partial charge is 0.277 e. The van der Waals surface area contributed by atoms with Gasteiger partial charge in [-0.3, -0.25) is 4.79 Å². The first kappa shape index (κ1) is 19.5. The Kier molecular flexibility index (Phi) is 6.98. The van der Waals surface area contributed by atoms with Crippen LogP contribution in [-0.2, 0) is 4.79 Å². The van der Waals surface area contributed by atoms with Crippen molar-refractivity contribution in [1.82, 2.24) is 15.5 Å². The van der Waals surface area contributed by atoms with Crippen molar-refractivity contribution in [2.75, 3.05) is 20.0 Å². The molecule has 0 saturated heterocycles. The maximum Gasteiger partial charge on any atom is 0.277 e. The molecule has 146 valence electrons. The lowest BCUT2D eigenvalue weighted by atomic mass is 10.1. The molecular weight excluding hydrogens is 366 g/mol. The molecule has 1 N–H and O–H groups in total. The van der Waals surface area contributed by atoms with E-state index in [1.165, 1.54) is 37.4 Å². The Hall–Kier alpha value is -2.22. The molecule has 1 fully saturated rings. The number of rotatable bonds is 7. The SMILES string of the molecule is COc1ccc(-c2nnc(SCC(=O)NC3CCCCCC3)o2)cc1OC. The summed E-state index contributed by atoms with van der Waals surface area (Å²) in [6.45, 7) is 0. The van der Waals surface area contributed by atoms with Crippen molar-refractivity contribution in [2.45, 2.75) is 49.8 Å². The van der Waals surface area contributed by atoms with E-state index in [2.05, 4.69) is 15.5 Å². The van der Waals surface area contributed by atoms with Crippen LogP contribution < -0.4 is 14.8 Å². The summed E-state index contributed by atoms with van der Waals surface area (Å²) in [5.74, 6) is 1.88. The van der Waals surface area contributed by atoms with E-state index in [0.29, 0.717) is 28.7 Å². The summed E-state index contributed by atoms with van der Waals surface area (Å²) in [6.07, 6.45) is 7.05. The number of nitrogens with zero attached hydrogens (tertiary/aromatic N) is 2. The average molecular weight is 391 g/mol. The summed E-state index contributed by atoms with van der Waals surface area (Å²) in [6, 6.07) is 5.68. The minimum atomic E-state index is 0.0118. The molecule has 27 heavy (non-hydrogen) atoms. The monoisotopic (exact) mass is 391 g/mol. The van der Waals surface area contributed by atoms with Crippen molar-refractivity contribution in [1.29, 1.82) is 0 Å². The van der Waals surface area contributed by atoms with Gasteiger partial charge in [0.05, 0.1) is 20.0 Å². The Balaban J connectivity index is 1.55. The van der Waals surface area contributed by atoms with Crippen LogP contribution in [0, 0.1) is 0 Å². The Morgan fingerprint density at radius 3 is 2.59 bits per heavy atom. The van der Waals surface area contributed by atoms with Gasteiger partial charge < -0.3 is 19.2 Å². The van der Waals surface area contributed by atoms with E-state index in [0.717, 1.165) is 18.4 Å². The zero-order chi connectivity index (χ0) is 19.1. The molecule has 0 spiro atoms. The van der Waals surface area contributed by atoms with Gasteiger partial charge in [0.2, 0.25) is 11.8 Å². The van der Waals surface area contributed by atoms with Gasteiger partial charge in [0.15, 0.2) is 11.5 Å². The highest BCUT2D eigenvalue weighted by molar-refractivity contribution is 7.99. The summed E-state index contributed by atoms with van der Waals surface area (Å²) >= 11 is 1.25. The number of ether oxygens (including phenoxy) is 2. The minimum Gasteiger partial charge on any atom is -0.493 e. The molecule has 1 saturated carbocycles. The Morgan fingerprint density at radius 1 is 1.15 bits per heavy atom. The number of amides is 1. The average Bonchev–Trinajstić information content (AvgIpc) is 3.03. The van der Waals surface area contributed by atoms with Crippen molar-refractivity contribution < 1.29 is 18.7 Å². The van der Waals surface area contributed by atoms with Gasteiger partial charge in [0, 0.05) is 11.6 Å². The van der Waals surface area contributed by atoms with Crippen molar-refractivity contribution in [3.63, 3.8) is 0 Å². The number of hydrogen-bond acceptors (Lipinski definition) is 7. The number of benzene rings is 1. The van der Waals surface area contributed by atoms with Crippen molar-refractivity contribution in [3.05, 3.63) is 18.2 Å². The van der Waals surface area contributed by atoms with Crippen LogP contribution in [-0.4, -0.2) is 42.1 Å². The number of methoxy groups -OCH3 is 2. The molecule has 1 aliphatic carbocycles. The summed E-state index contributed by atoms with van der Waals surface area (Å²) in [5.41, 5.74) is 0.731. The lowest BCUT2D eigenvalue weighted by Crippen LogP contribution is -2.35. The molecule has 0 radical (unpaired) electrons. The van der Waals surface area contributed by atoms with E-state index in [1.807, 2.05) is 6.07 Å². The highest BCUT2D eigenvalue weighted by Crippen LogP contribution is 2.32. The van der Waals surface area contributed by atoms with E-state index >= 15 is 0 Å². The second kappa shape index (κ2) is 9.64. The van der Waals surface area contributed by atoms with Gasteiger partial charge in [0.1, 0.15) is 0 Å². The fourth-order valence-corrected chi connectivity index (χ4v) is 3.75. The van der Waals surface area contributed by atoms with Crippen molar-refractivity contribution in [2.24, 2.45) is 0 Å². The molecule has 7 nitrogen and oxygen atoms in total. The first-order chi connectivity index (χ1) is 13.2. The summed E-state index contributed by atoms with van der Waals surface area (Å²) in [7, 11) is 3.16. The maximum absolute atomic E-state index is 12.2. The van der Waals surface area contributed by atoms with Crippen LogP contribution in [0.15, 0.2) is 27.8 Å². The number of thioether (sulfide) groups is 1. The van der Waals surface area contributed by atoms with Gasteiger partial charge in [0.25, 0.3) is 5.22 Å². The zero-order valence-corrected chi connectivity index (χ0v) is 16.5. The van der Waals surface area contributed by atoms with E-state index in [4.69, 9.17) is 13.9 Å². The molecule has 2 aromatic rings. The van der Waals surface area contributed by atoms with Crippen molar-refractivity contribution in [3.8, 4) is 23.0 Å². The third-order valence-electron chi connectivity index (χ3n) is 4.58. The molecule has 8 heteroatoms. The van der Waals surface area contributed by atoms with Crippen LogP contribution in [0.25, 0.3) is 11.5 Å². The fraction of sp³-hybridized carbons (Fsp3) is 0.526. The number of nitrogens with one attached hydrogen (secondary N) is 1. The minimum absolute atomic E-state index is 0.0118. The van der Waals surface area contributed by atoms with Gasteiger partial charge in [-0.05, 0) is 31.0 Å². The lowest BCUT2D eigenvalue weighted by molar-refractivity contribution is -0.119. The largest absolute Gasteiger partial charge is 0.493 e. The molecule has 0 bridgehead atoms. The van der Waals surface area contributed by atoms with Gasteiger partial charge >= 0.3 is 0 Å². The summed E-state index contributed by atoms with van der Waals surface area (Å²) in [4.78, 5) is 12.2. The van der Waals surface area contributed by atoms with E-state index < -0.39 is 0 Å². The molecule has 1 heterocycles. The number of hydrogen-bond donors (Lipinski definition) is 1. The third kappa shape index (κ3) is 5.38. The third-order valence-corrected chi connectivity index (χ3v) is 5.40. The van der Waals surface area contributed by atoms with E-state index in [9.17, 15) is 4.79 Å². The highest BCUT2D eigenvalue weighted by Gasteiger charge is 2.17. The molecule has 3 rings (SSSR count). The van der Waals surface area contributed by atoms with Crippen LogP contribution in [0.3, 0.4) is 0 Å². The molecule has 0 aliphatic heterocycles. The first-order valence-corrected chi connectivity index (χ1v) is 10.2. The second-order valence-corrected chi connectivity index (χ2v) is 7.41. The molecule has 0 atom stereocenters. The quantitative estimate of drug-likeness (QED) is 0.569. The van der Waals surface area contributed by atoms with Crippen LogP contribution >= 0.6 is 11.8 Å². The van der Waals surface area contributed by atoms with E-state index in [1.54, 1.807) is 26.4 Å². The molecule has 1 aromatic heterocycles. The number of carbonyl (C=O) groups excluding carboxylic acids is 1. The van der Waals surface area contributed by atoms with Crippen molar-refractivity contribution >= 4 is 17.7 Å². The van der Waals surface area contributed by atoms with Gasteiger partial charge in [-0.15, -0.1) is 10.2 Å². The number of carbonyl (C=O) groups is 1. The van der Waals surface area contributed by atoms with Gasteiger partial charge in [-0.2, -0.15) is 0 Å². The lowest BCUT2D eigenvalue weighted by Gasteiger charge is -2.15. The van der Waals surface area contributed by atoms with Gasteiger partial charge in [-0.25, -0.2) is 0 Å². The van der Waals surface area contributed by atoms with Crippen LogP contribution in [0.1, 0.15) is 38.5 Å². The summed E-state index contributed by atoms with van der Waals surface area (Å²) < 4.78 is 16.2. The van der Waals surface area contributed by atoms with Crippen LogP contribution in [0.2, 0.25) is 0 Å². The standard InChI is InChI=1S/C19H25N3O4S/c1-24-15-10-9-13(11-16(15)25-2)18-21-22-19(26-18)27-12-17(23)20-14-7-5-3-4-6-8-14/h9-11,14H,3-8,12H2,1-2H3,(H,20,23). The maximum atomic E-state index is 12.2. The summed E-state index contributed by atoms with van der Waals surface area (Å²) in [5, 5.41) is 11.6. The second-order valence-electron chi connectivity index (χ2n) is 6.49. The predicted octanol–water partition coefficient (Wildman–Crippen LogP) is 3.68. The molecular formula is C19H25N3O4S. The topological polar surface area (TPSA) is 86.5 Å². The Labute approximate surface area is 163 Å². The van der Waals surface area contributed by atoms with Crippen LogP contribution in [0.4, 0.5) is 0 Å². The predicted molar refractivity (Wildman–Crippen MR) is 103 cm³/mol. The number of aromatic nitrogens is 2. The molecule has 1 aromatic carbocycles. The Morgan fingerprint density at radius 2 is 1.89 bits per heavy atom. The molecule has 1 amide bonds. The van der Waals surface area contributed by atoms with Crippen LogP contribution in [0.5, 0.6) is 11.5 Å². The molecule has 1 aliphatic rings. The molecule has 0 unspecified atom stereocenters. The fourth-order valence-electron chi connectivity index (χ4n) is 3.17. The highest BCUT2D eigenvalue weighted by atomic mass is 32.2. The normalized spacial score (nSPS) is 15.2. The zero-order valence-electron chi connectivity index (χ0n) is 15.7. The van der Waals surface area contributed by atoms with Gasteiger partial charge in [-0.1, -0.05) is 37.4 Å². The first-order valence-electron chi connectivity index (χ1n) is 9.17. The van der Waals surface area contributed by atoms with E-state index in [-0.39, 0.29) is 11.7 Å². The Bertz CT molecular complexity index is 757.